The van der Waals surface area contributed by atoms with E-state index in [9.17, 15) is 4.79 Å². The Hall–Kier alpha value is -2.56. The van der Waals surface area contributed by atoms with Gasteiger partial charge in [-0.05, 0) is 61.1 Å². The molecule has 0 saturated carbocycles. The molecule has 1 N–H and O–H groups in total. The Kier molecular flexibility index (Phi) is 5.31. The zero-order valence-electron chi connectivity index (χ0n) is 13.9. The minimum atomic E-state index is -0.0945. The molecule has 0 unspecified atom stereocenters. The number of carbonyl (C=O) groups excluding carboxylic acids is 1. The van der Waals surface area contributed by atoms with Crippen molar-refractivity contribution < 1.29 is 14.3 Å². The molecule has 1 aliphatic rings. The van der Waals surface area contributed by atoms with Gasteiger partial charge in [0.15, 0.2) is 0 Å². The number of pyridine rings is 1. The van der Waals surface area contributed by atoms with Gasteiger partial charge >= 0.3 is 0 Å². The number of ether oxygens (including phenoxy) is 2. The smallest absolute Gasteiger partial charge is 0.255 e. The Morgan fingerprint density at radius 1 is 1.29 bits per heavy atom. The molecule has 126 valence electrons. The van der Waals surface area contributed by atoms with Crippen LogP contribution in [0.4, 0.5) is 0 Å². The number of hydrogen-bond donors (Lipinski definition) is 1. The highest BCUT2D eigenvalue weighted by atomic mass is 16.5. The fraction of sp³-hybridized carbons (Fsp3) is 0.368. The average Bonchev–Trinajstić information content (AvgIpc) is 3.08. The van der Waals surface area contributed by atoms with Gasteiger partial charge in [-0.2, -0.15) is 0 Å². The van der Waals surface area contributed by atoms with E-state index in [1.807, 2.05) is 24.3 Å². The molecule has 5 nitrogen and oxygen atoms in total. The monoisotopic (exact) mass is 326 g/mol. The van der Waals surface area contributed by atoms with Gasteiger partial charge in [-0.15, -0.1) is 0 Å². The molecule has 2 aromatic rings. The SMILES string of the molecule is COc1cc2c(cc1C(=O)NCCCOc1cccnc1)CCC2. The second kappa shape index (κ2) is 7.81. The molecular formula is C19H22N2O3. The van der Waals surface area contributed by atoms with E-state index in [4.69, 9.17) is 9.47 Å². The fourth-order valence-corrected chi connectivity index (χ4v) is 2.94. The Bertz CT molecular complexity index is 701. The van der Waals surface area contributed by atoms with Gasteiger partial charge in [0.2, 0.25) is 0 Å². The van der Waals surface area contributed by atoms with Crippen LogP contribution in [0.3, 0.4) is 0 Å². The third-order valence-corrected chi connectivity index (χ3v) is 4.17. The van der Waals surface area contributed by atoms with E-state index < -0.39 is 0 Å². The van der Waals surface area contributed by atoms with Gasteiger partial charge in [0.25, 0.3) is 5.91 Å². The van der Waals surface area contributed by atoms with Crippen LogP contribution in [0.5, 0.6) is 11.5 Å². The predicted molar refractivity (Wildman–Crippen MR) is 91.7 cm³/mol. The van der Waals surface area contributed by atoms with E-state index in [1.54, 1.807) is 19.5 Å². The van der Waals surface area contributed by atoms with Crippen molar-refractivity contribution in [2.45, 2.75) is 25.7 Å². The van der Waals surface area contributed by atoms with E-state index in [-0.39, 0.29) is 5.91 Å². The van der Waals surface area contributed by atoms with Gasteiger partial charge in [0, 0.05) is 12.7 Å². The quantitative estimate of drug-likeness (QED) is 0.795. The minimum absolute atomic E-state index is 0.0945. The molecule has 1 heterocycles. The summed E-state index contributed by atoms with van der Waals surface area (Å²) in [6, 6.07) is 7.67. The van der Waals surface area contributed by atoms with E-state index in [0.717, 1.165) is 31.4 Å². The zero-order valence-corrected chi connectivity index (χ0v) is 13.9. The maximum atomic E-state index is 12.4. The van der Waals surface area contributed by atoms with Crippen LogP contribution >= 0.6 is 0 Å². The molecule has 0 atom stereocenters. The van der Waals surface area contributed by atoms with Crippen molar-refractivity contribution >= 4 is 5.91 Å². The number of rotatable bonds is 7. The lowest BCUT2D eigenvalue weighted by Crippen LogP contribution is -2.26. The number of aromatic nitrogens is 1. The summed E-state index contributed by atoms with van der Waals surface area (Å²) in [7, 11) is 1.61. The van der Waals surface area contributed by atoms with Crippen molar-refractivity contribution in [3.63, 3.8) is 0 Å². The Labute approximate surface area is 142 Å². The van der Waals surface area contributed by atoms with E-state index in [2.05, 4.69) is 10.3 Å². The maximum Gasteiger partial charge on any atom is 0.255 e. The zero-order chi connectivity index (χ0) is 16.8. The van der Waals surface area contributed by atoms with Crippen LogP contribution in [-0.4, -0.2) is 31.2 Å². The first-order valence-electron chi connectivity index (χ1n) is 8.29. The van der Waals surface area contributed by atoms with Crippen molar-refractivity contribution in [2.24, 2.45) is 0 Å². The molecule has 0 saturated heterocycles. The first-order chi connectivity index (χ1) is 11.8. The number of methoxy groups -OCH3 is 1. The predicted octanol–water partition coefficient (Wildman–Crippen LogP) is 2.78. The summed E-state index contributed by atoms with van der Waals surface area (Å²) >= 11 is 0. The van der Waals surface area contributed by atoms with Crippen LogP contribution in [-0.2, 0) is 12.8 Å². The maximum absolute atomic E-state index is 12.4. The molecule has 24 heavy (non-hydrogen) atoms. The van der Waals surface area contributed by atoms with Crippen LogP contribution in [0.25, 0.3) is 0 Å². The molecule has 0 bridgehead atoms. The molecule has 0 spiro atoms. The van der Waals surface area contributed by atoms with Crippen molar-refractivity contribution in [1.82, 2.24) is 10.3 Å². The molecule has 5 heteroatoms. The Balaban J connectivity index is 1.50. The largest absolute Gasteiger partial charge is 0.496 e. The van der Waals surface area contributed by atoms with Gasteiger partial charge in [0.1, 0.15) is 11.5 Å². The van der Waals surface area contributed by atoms with Gasteiger partial charge in [-0.1, -0.05) is 0 Å². The molecule has 1 aliphatic carbocycles. The number of fused-ring (bicyclic) bond motifs is 1. The van der Waals surface area contributed by atoms with Crippen molar-refractivity contribution in [3.8, 4) is 11.5 Å². The summed E-state index contributed by atoms with van der Waals surface area (Å²) in [6.45, 7) is 1.09. The highest BCUT2D eigenvalue weighted by Gasteiger charge is 2.19. The van der Waals surface area contributed by atoms with Crippen molar-refractivity contribution in [3.05, 3.63) is 53.3 Å². The number of nitrogens with one attached hydrogen (secondary N) is 1. The van der Waals surface area contributed by atoms with Gasteiger partial charge < -0.3 is 14.8 Å². The van der Waals surface area contributed by atoms with Crippen LogP contribution < -0.4 is 14.8 Å². The number of aryl methyl sites for hydroxylation is 2. The third-order valence-electron chi connectivity index (χ3n) is 4.17. The third kappa shape index (κ3) is 3.85. The summed E-state index contributed by atoms with van der Waals surface area (Å²) < 4.78 is 10.9. The van der Waals surface area contributed by atoms with E-state index in [1.165, 1.54) is 11.1 Å². The fourth-order valence-electron chi connectivity index (χ4n) is 2.94. The summed E-state index contributed by atoms with van der Waals surface area (Å²) in [5, 5.41) is 2.94. The number of carbonyl (C=O) groups is 1. The first kappa shape index (κ1) is 16.3. The number of nitrogens with zero attached hydrogens (tertiary/aromatic N) is 1. The van der Waals surface area contributed by atoms with Crippen LogP contribution in [0, 0.1) is 0 Å². The van der Waals surface area contributed by atoms with Crippen molar-refractivity contribution in [1.29, 1.82) is 0 Å². The van der Waals surface area contributed by atoms with Gasteiger partial charge in [-0.3, -0.25) is 9.78 Å². The minimum Gasteiger partial charge on any atom is -0.496 e. The second-order valence-corrected chi connectivity index (χ2v) is 5.82. The molecule has 0 fully saturated rings. The lowest BCUT2D eigenvalue weighted by molar-refractivity contribution is 0.0948. The summed E-state index contributed by atoms with van der Waals surface area (Å²) in [4.78, 5) is 16.4. The number of amides is 1. The average molecular weight is 326 g/mol. The summed E-state index contributed by atoms with van der Waals surface area (Å²) in [5.74, 6) is 1.30. The topological polar surface area (TPSA) is 60.5 Å². The lowest BCUT2D eigenvalue weighted by Gasteiger charge is -2.12. The Morgan fingerprint density at radius 3 is 2.88 bits per heavy atom. The van der Waals surface area contributed by atoms with E-state index >= 15 is 0 Å². The van der Waals surface area contributed by atoms with Crippen molar-refractivity contribution in [2.75, 3.05) is 20.3 Å². The lowest BCUT2D eigenvalue weighted by atomic mass is 10.0. The molecule has 1 aromatic heterocycles. The molecule has 3 rings (SSSR count). The highest BCUT2D eigenvalue weighted by molar-refractivity contribution is 5.97. The Morgan fingerprint density at radius 2 is 2.12 bits per heavy atom. The molecule has 1 aromatic carbocycles. The molecule has 0 radical (unpaired) electrons. The van der Waals surface area contributed by atoms with Crippen LogP contribution in [0.1, 0.15) is 34.3 Å². The normalized spacial score (nSPS) is 12.5. The second-order valence-electron chi connectivity index (χ2n) is 5.82. The van der Waals surface area contributed by atoms with Crippen LogP contribution in [0.15, 0.2) is 36.7 Å². The number of hydrogen-bond acceptors (Lipinski definition) is 4. The first-order valence-corrected chi connectivity index (χ1v) is 8.29. The van der Waals surface area contributed by atoms with Gasteiger partial charge in [0.05, 0.1) is 25.5 Å². The highest BCUT2D eigenvalue weighted by Crippen LogP contribution is 2.29. The summed E-state index contributed by atoms with van der Waals surface area (Å²) in [6.07, 6.45) is 7.37. The van der Waals surface area contributed by atoms with Crippen LogP contribution in [0.2, 0.25) is 0 Å². The van der Waals surface area contributed by atoms with Gasteiger partial charge in [-0.25, -0.2) is 0 Å². The molecular weight excluding hydrogens is 304 g/mol. The standard InChI is InChI=1S/C19H22N2O3/c1-23-18-12-15-6-2-5-14(15)11-17(18)19(22)21-9-4-10-24-16-7-3-8-20-13-16/h3,7-8,11-13H,2,4-6,9-10H2,1H3,(H,21,22). The molecule has 0 aliphatic heterocycles. The number of benzene rings is 1. The summed E-state index contributed by atoms with van der Waals surface area (Å²) in [5.41, 5.74) is 3.18. The van der Waals surface area contributed by atoms with E-state index in [0.29, 0.717) is 24.5 Å². The molecule has 1 amide bonds.